The molecule has 1 aliphatic rings. The first-order chi connectivity index (χ1) is 13.5. The number of barbiturate groups is 1. The molecule has 1 saturated heterocycles. The van der Waals surface area contributed by atoms with Crippen LogP contribution < -0.4 is 4.74 Å². The van der Waals surface area contributed by atoms with Crippen molar-refractivity contribution in [3.63, 3.8) is 0 Å². The first-order valence-corrected chi connectivity index (χ1v) is 9.11. The Labute approximate surface area is 163 Å². The van der Waals surface area contributed by atoms with E-state index in [4.69, 9.17) is 9.15 Å². The number of rotatable bonds is 7. The molecule has 0 atom stereocenters. The van der Waals surface area contributed by atoms with Gasteiger partial charge in [0.05, 0.1) is 19.9 Å². The molecule has 2 aromatic rings. The van der Waals surface area contributed by atoms with Gasteiger partial charge in [0.15, 0.2) is 0 Å². The molecule has 28 heavy (non-hydrogen) atoms. The highest BCUT2D eigenvalue weighted by atomic mass is 16.5. The smallest absolute Gasteiger partial charge is 0.334 e. The van der Waals surface area contributed by atoms with E-state index in [1.54, 1.807) is 43.5 Å². The molecular formula is C21H22N2O5. The van der Waals surface area contributed by atoms with Gasteiger partial charge >= 0.3 is 6.03 Å². The van der Waals surface area contributed by atoms with Crippen molar-refractivity contribution in [2.45, 2.75) is 26.3 Å². The largest absolute Gasteiger partial charge is 0.497 e. The van der Waals surface area contributed by atoms with Crippen LogP contribution in [0.4, 0.5) is 4.79 Å². The Hall–Kier alpha value is -3.35. The lowest BCUT2D eigenvalue weighted by molar-refractivity contribution is -0.136. The normalized spacial score (nSPS) is 16.2. The maximum Gasteiger partial charge on any atom is 0.334 e. The Kier molecular flexibility index (Phi) is 5.93. The van der Waals surface area contributed by atoms with Crippen LogP contribution in [0.3, 0.4) is 0 Å². The van der Waals surface area contributed by atoms with E-state index in [9.17, 15) is 14.4 Å². The van der Waals surface area contributed by atoms with Crippen molar-refractivity contribution < 1.29 is 23.5 Å². The van der Waals surface area contributed by atoms with Gasteiger partial charge in [-0.2, -0.15) is 0 Å². The van der Waals surface area contributed by atoms with Crippen molar-refractivity contribution in [1.29, 1.82) is 0 Å². The number of furan rings is 1. The van der Waals surface area contributed by atoms with Crippen LogP contribution >= 0.6 is 0 Å². The number of carbonyl (C=O) groups excluding carboxylic acids is 3. The monoisotopic (exact) mass is 382 g/mol. The molecule has 7 heteroatoms. The molecule has 0 saturated carbocycles. The molecule has 0 spiro atoms. The predicted molar refractivity (Wildman–Crippen MR) is 102 cm³/mol. The molecule has 1 aromatic heterocycles. The lowest BCUT2D eigenvalue weighted by Crippen LogP contribution is -2.56. The van der Waals surface area contributed by atoms with E-state index in [0.29, 0.717) is 23.5 Å². The van der Waals surface area contributed by atoms with Crippen molar-refractivity contribution in [3.05, 3.63) is 59.6 Å². The number of methoxy groups -OCH3 is 1. The van der Waals surface area contributed by atoms with E-state index in [1.165, 1.54) is 12.3 Å². The number of hydrogen-bond donors (Lipinski definition) is 0. The van der Waals surface area contributed by atoms with Crippen molar-refractivity contribution in [2.75, 3.05) is 13.7 Å². The van der Waals surface area contributed by atoms with E-state index in [0.717, 1.165) is 16.2 Å². The predicted octanol–water partition coefficient (Wildman–Crippen LogP) is 3.46. The van der Waals surface area contributed by atoms with Gasteiger partial charge in [0, 0.05) is 6.54 Å². The van der Waals surface area contributed by atoms with Crippen LogP contribution in [0.1, 0.15) is 31.1 Å². The Balaban J connectivity index is 1.95. The summed E-state index contributed by atoms with van der Waals surface area (Å²) >= 11 is 0. The molecule has 1 aromatic carbocycles. The van der Waals surface area contributed by atoms with E-state index in [2.05, 4.69) is 0 Å². The van der Waals surface area contributed by atoms with Gasteiger partial charge in [-0.05, 0) is 42.3 Å². The number of hydrogen-bond acceptors (Lipinski definition) is 5. The summed E-state index contributed by atoms with van der Waals surface area (Å²) in [5, 5.41) is 0. The zero-order valence-electron chi connectivity index (χ0n) is 15.9. The van der Waals surface area contributed by atoms with Crippen LogP contribution in [0.5, 0.6) is 5.75 Å². The fraction of sp³-hybridized carbons (Fsp3) is 0.286. The number of ether oxygens (including phenoxy) is 1. The minimum Gasteiger partial charge on any atom is -0.497 e. The molecule has 0 unspecified atom stereocenters. The highest BCUT2D eigenvalue weighted by molar-refractivity contribution is 6.30. The first-order valence-electron chi connectivity index (χ1n) is 9.11. The van der Waals surface area contributed by atoms with E-state index in [1.807, 2.05) is 6.92 Å². The fourth-order valence-corrected chi connectivity index (χ4v) is 2.90. The van der Waals surface area contributed by atoms with Crippen LogP contribution in [0, 0.1) is 0 Å². The Morgan fingerprint density at radius 2 is 1.75 bits per heavy atom. The van der Waals surface area contributed by atoms with Crippen LogP contribution in [-0.4, -0.2) is 41.3 Å². The van der Waals surface area contributed by atoms with Crippen molar-refractivity contribution >= 4 is 23.9 Å². The molecule has 0 radical (unpaired) electrons. The van der Waals surface area contributed by atoms with Crippen LogP contribution in [0.15, 0.2) is 52.7 Å². The fourth-order valence-electron chi connectivity index (χ4n) is 2.90. The van der Waals surface area contributed by atoms with Crippen molar-refractivity contribution in [2.24, 2.45) is 0 Å². The quantitative estimate of drug-likeness (QED) is 0.541. The molecule has 3 rings (SSSR count). The summed E-state index contributed by atoms with van der Waals surface area (Å²) in [6.45, 7) is 2.20. The standard InChI is InChI=1S/C21H22N2O5/c1-3-4-11-22-19(24)18(13-15-7-9-16(27-2)10-8-15)20(25)23(21(22)26)14-17-6-5-12-28-17/h5-10,12-13H,3-4,11,14H2,1-2H3/b18-13+. The lowest BCUT2D eigenvalue weighted by Gasteiger charge is -2.33. The molecule has 146 valence electrons. The summed E-state index contributed by atoms with van der Waals surface area (Å²) in [5.41, 5.74) is 0.618. The summed E-state index contributed by atoms with van der Waals surface area (Å²) in [5.74, 6) is -0.0668. The highest BCUT2D eigenvalue weighted by Crippen LogP contribution is 2.23. The number of benzene rings is 1. The molecule has 4 amide bonds. The molecule has 1 fully saturated rings. The molecular weight excluding hydrogens is 360 g/mol. The average Bonchev–Trinajstić information content (AvgIpc) is 3.22. The van der Waals surface area contributed by atoms with Gasteiger partial charge in [-0.25, -0.2) is 4.79 Å². The Morgan fingerprint density at radius 3 is 2.36 bits per heavy atom. The maximum absolute atomic E-state index is 12.9. The minimum absolute atomic E-state index is 0.0273. The summed E-state index contributed by atoms with van der Waals surface area (Å²) in [6.07, 6.45) is 4.46. The SMILES string of the molecule is CCCCN1C(=O)/C(=C\c2ccc(OC)cc2)C(=O)N(Cc2ccco2)C1=O. The molecule has 0 bridgehead atoms. The average molecular weight is 382 g/mol. The summed E-state index contributed by atoms with van der Waals surface area (Å²) in [4.78, 5) is 40.8. The number of urea groups is 1. The third-order valence-electron chi connectivity index (χ3n) is 4.47. The van der Waals surface area contributed by atoms with E-state index in [-0.39, 0.29) is 18.7 Å². The van der Waals surface area contributed by atoms with Crippen LogP contribution in [-0.2, 0) is 16.1 Å². The van der Waals surface area contributed by atoms with Crippen LogP contribution in [0.2, 0.25) is 0 Å². The maximum atomic E-state index is 12.9. The van der Waals surface area contributed by atoms with Gasteiger partial charge in [-0.15, -0.1) is 0 Å². The molecule has 0 N–H and O–H groups in total. The first kappa shape index (κ1) is 19.4. The minimum atomic E-state index is -0.630. The molecule has 0 aliphatic carbocycles. The zero-order valence-corrected chi connectivity index (χ0v) is 15.9. The third-order valence-corrected chi connectivity index (χ3v) is 4.47. The lowest BCUT2D eigenvalue weighted by atomic mass is 10.1. The Morgan fingerprint density at radius 1 is 1.04 bits per heavy atom. The van der Waals surface area contributed by atoms with E-state index >= 15 is 0 Å². The topological polar surface area (TPSA) is 80.1 Å². The number of nitrogens with zero attached hydrogens (tertiary/aromatic N) is 2. The summed E-state index contributed by atoms with van der Waals surface area (Å²) in [6, 6.07) is 9.72. The number of unbranched alkanes of at least 4 members (excludes halogenated alkanes) is 1. The number of carbonyl (C=O) groups is 3. The van der Waals surface area contributed by atoms with E-state index < -0.39 is 17.8 Å². The second-order valence-electron chi connectivity index (χ2n) is 6.39. The van der Waals surface area contributed by atoms with Gasteiger partial charge < -0.3 is 9.15 Å². The highest BCUT2D eigenvalue weighted by Gasteiger charge is 2.41. The van der Waals surface area contributed by atoms with Crippen molar-refractivity contribution in [1.82, 2.24) is 9.80 Å². The summed E-state index contributed by atoms with van der Waals surface area (Å²) in [7, 11) is 1.56. The van der Waals surface area contributed by atoms with Gasteiger partial charge in [0.25, 0.3) is 11.8 Å². The van der Waals surface area contributed by atoms with Gasteiger partial charge in [-0.1, -0.05) is 25.5 Å². The third kappa shape index (κ3) is 3.98. The molecule has 7 nitrogen and oxygen atoms in total. The second kappa shape index (κ2) is 8.56. The zero-order chi connectivity index (χ0) is 20.1. The van der Waals surface area contributed by atoms with Gasteiger partial charge in [0.1, 0.15) is 17.1 Å². The van der Waals surface area contributed by atoms with Gasteiger partial charge in [0.2, 0.25) is 0 Å². The van der Waals surface area contributed by atoms with Crippen LogP contribution in [0.25, 0.3) is 6.08 Å². The van der Waals surface area contributed by atoms with Crippen molar-refractivity contribution in [3.8, 4) is 5.75 Å². The Bertz CT molecular complexity index is 884. The summed E-state index contributed by atoms with van der Waals surface area (Å²) < 4.78 is 10.4. The number of imide groups is 2. The van der Waals surface area contributed by atoms with Gasteiger partial charge in [-0.3, -0.25) is 19.4 Å². The molecule has 1 aliphatic heterocycles. The number of amides is 4. The second-order valence-corrected chi connectivity index (χ2v) is 6.39. The molecule has 2 heterocycles.